The number of carbonyl (C=O) groups excluding carboxylic acids is 1. The third kappa shape index (κ3) is 3.71. The number of pyridine rings is 1. The molecule has 4 nitrogen and oxygen atoms in total. The number of aryl methyl sites for hydroxylation is 1. The van der Waals surface area contributed by atoms with Gasteiger partial charge in [-0.2, -0.15) is 0 Å². The molecule has 6 heteroatoms. The number of thioether (sulfide) groups is 1. The van der Waals surface area contributed by atoms with Crippen LogP contribution >= 0.6 is 23.1 Å². The molecule has 3 aromatic rings. The Hall–Kier alpha value is -2.05. The Kier molecular flexibility index (Phi) is 5.37. The Bertz CT molecular complexity index is 811. The Morgan fingerprint density at radius 2 is 2.12 bits per heavy atom. The van der Waals surface area contributed by atoms with E-state index in [0.717, 1.165) is 10.7 Å². The quantitative estimate of drug-likeness (QED) is 0.625. The van der Waals surface area contributed by atoms with E-state index in [4.69, 9.17) is 0 Å². The molecule has 3 rings (SSSR count). The van der Waals surface area contributed by atoms with Crippen molar-refractivity contribution < 1.29 is 4.79 Å². The topological polar surface area (TPSA) is 38.1 Å². The van der Waals surface area contributed by atoms with Gasteiger partial charge in [-0.1, -0.05) is 6.07 Å². The Balaban J connectivity index is 1.91. The highest BCUT2D eigenvalue weighted by Crippen LogP contribution is 2.22. The normalized spacial score (nSPS) is 10.8. The summed E-state index contributed by atoms with van der Waals surface area (Å²) in [6, 6.07) is 11.8. The third-order valence-corrected chi connectivity index (χ3v) is 5.39. The fraction of sp³-hybridized carbons (Fsp3) is 0.222. The van der Waals surface area contributed by atoms with Gasteiger partial charge in [-0.15, -0.1) is 23.1 Å². The maximum absolute atomic E-state index is 13.2. The van der Waals surface area contributed by atoms with Crippen molar-refractivity contribution in [3.63, 3.8) is 0 Å². The Morgan fingerprint density at radius 3 is 2.79 bits per heavy atom. The Labute approximate surface area is 150 Å². The van der Waals surface area contributed by atoms with Gasteiger partial charge in [-0.3, -0.25) is 4.79 Å². The molecule has 0 aliphatic rings. The van der Waals surface area contributed by atoms with Gasteiger partial charge >= 0.3 is 0 Å². The highest BCUT2D eigenvalue weighted by molar-refractivity contribution is 7.98. The first kappa shape index (κ1) is 16.8. The fourth-order valence-electron chi connectivity index (χ4n) is 2.53. The van der Waals surface area contributed by atoms with Crippen LogP contribution in [0.15, 0.2) is 59.2 Å². The summed E-state index contributed by atoms with van der Waals surface area (Å²) in [7, 11) is 2.00. The number of aromatic nitrogens is 2. The second kappa shape index (κ2) is 7.68. The highest BCUT2D eigenvalue weighted by Gasteiger charge is 2.21. The van der Waals surface area contributed by atoms with E-state index < -0.39 is 0 Å². The maximum Gasteiger partial charge on any atom is 0.257 e. The van der Waals surface area contributed by atoms with Crippen LogP contribution in [0, 0.1) is 0 Å². The molecule has 0 saturated heterocycles. The summed E-state index contributed by atoms with van der Waals surface area (Å²) in [5, 5.41) is 2.81. The first-order chi connectivity index (χ1) is 11.7. The van der Waals surface area contributed by atoms with Crippen LogP contribution in [0.2, 0.25) is 0 Å². The van der Waals surface area contributed by atoms with Gasteiger partial charge in [0.2, 0.25) is 0 Å². The maximum atomic E-state index is 13.2. The average molecular weight is 358 g/mol. The molecule has 0 atom stereocenters. The van der Waals surface area contributed by atoms with Crippen LogP contribution in [0.3, 0.4) is 0 Å². The van der Waals surface area contributed by atoms with Crippen molar-refractivity contribution in [3.05, 3.63) is 70.3 Å². The molecule has 0 aromatic carbocycles. The van der Waals surface area contributed by atoms with Crippen molar-refractivity contribution in [1.82, 2.24) is 14.5 Å². The molecule has 24 heavy (non-hydrogen) atoms. The average Bonchev–Trinajstić information content (AvgIpc) is 3.26. The minimum absolute atomic E-state index is 0.0158. The summed E-state index contributed by atoms with van der Waals surface area (Å²) in [6.45, 7) is 1.17. The number of nitrogens with zero attached hydrogens (tertiary/aromatic N) is 3. The van der Waals surface area contributed by atoms with E-state index in [2.05, 4.69) is 11.1 Å². The molecule has 0 fully saturated rings. The van der Waals surface area contributed by atoms with E-state index in [1.54, 1.807) is 17.5 Å². The predicted molar refractivity (Wildman–Crippen MR) is 99.3 cm³/mol. The number of rotatable bonds is 6. The summed E-state index contributed by atoms with van der Waals surface area (Å²) in [4.78, 5) is 20.5. The molecule has 0 bridgehead atoms. The molecule has 1 amide bonds. The van der Waals surface area contributed by atoms with Crippen LogP contribution in [0.1, 0.15) is 20.9 Å². The second-order valence-electron chi connectivity index (χ2n) is 5.41. The van der Waals surface area contributed by atoms with Crippen molar-refractivity contribution in [2.45, 2.75) is 18.1 Å². The molecule has 0 unspecified atom stereocenters. The highest BCUT2D eigenvalue weighted by atomic mass is 32.2. The van der Waals surface area contributed by atoms with Crippen molar-refractivity contribution in [1.29, 1.82) is 0 Å². The van der Waals surface area contributed by atoms with Gasteiger partial charge in [-0.05, 0) is 42.0 Å². The Morgan fingerprint density at radius 1 is 1.25 bits per heavy atom. The lowest BCUT2D eigenvalue weighted by Crippen LogP contribution is -2.31. The number of carbonyl (C=O) groups is 1. The van der Waals surface area contributed by atoms with Gasteiger partial charge in [0.15, 0.2) is 0 Å². The smallest absolute Gasteiger partial charge is 0.257 e. The van der Waals surface area contributed by atoms with Gasteiger partial charge in [0.25, 0.3) is 5.91 Å². The second-order valence-corrected chi connectivity index (χ2v) is 7.24. The van der Waals surface area contributed by atoms with Gasteiger partial charge in [0.05, 0.1) is 18.7 Å². The summed E-state index contributed by atoms with van der Waals surface area (Å²) in [5.41, 5.74) is 1.77. The first-order valence-corrected chi connectivity index (χ1v) is 9.70. The predicted octanol–water partition coefficient (Wildman–Crippen LogP) is 4.05. The molecule has 0 aliphatic heterocycles. The van der Waals surface area contributed by atoms with Crippen molar-refractivity contribution in [2.75, 3.05) is 6.26 Å². The molecule has 0 N–H and O–H groups in total. The lowest BCUT2D eigenvalue weighted by Gasteiger charge is -2.23. The summed E-state index contributed by atoms with van der Waals surface area (Å²) in [6.07, 6.45) is 5.67. The van der Waals surface area contributed by atoms with Crippen molar-refractivity contribution >= 4 is 29.0 Å². The third-order valence-electron chi connectivity index (χ3n) is 3.81. The van der Waals surface area contributed by atoms with Gasteiger partial charge in [-0.25, -0.2) is 4.98 Å². The standard InChI is InChI=1S/C18H19N3OS2/c1-20-10-4-6-14(20)12-21(13-15-7-5-11-24-15)18(22)16-8-3-9-19-17(16)23-2/h3-11H,12-13H2,1-2H3. The number of thiophene rings is 1. The fourth-order valence-corrected chi connectivity index (χ4v) is 3.79. The molecular formula is C18H19N3OS2. The zero-order valence-electron chi connectivity index (χ0n) is 13.7. The van der Waals surface area contributed by atoms with E-state index in [9.17, 15) is 4.79 Å². The monoisotopic (exact) mass is 357 g/mol. The van der Waals surface area contributed by atoms with Gasteiger partial charge in [0.1, 0.15) is 5.03 Å². The molecule has 0 radical (unpaired) electrons. The largest absolute Gasteiger partial charge is 0.353 e. The first-order valence-electron chi connectivity index (χ1n) is 7.60. The van der Waals surface area contributed by atoms with E-state index in [-0.39, 0.29) is 5.91 Å². The molecular weight excluding hydrogens is 338 g/mol. The van der Waals surface area contributed by atoms with Crippen molar-refractivity contribution in [2.24, 2.45) is 7.05 Å². The van der Waals surface area contributed by atoms with Crippen LogP contribution in [0.25, 0.3) is 0 Å². The van der Waals surface area contributed by atoms with Crippen LogP contribution in [-0.2, 0) is 20.1 Å². The van der Waals surface area contributed by atoms with E-state index in [1.807, 2.05) is 64.7 Å². The molecule has 3 heterocycles. The lowest BCUT2D eigenvalue weighted by molar-refractivity contribution is 0.0724. The molecule has 124 valence electrons. The molecule has 0 aliphatic carbocycles. The van der Waals surface area contributed by atoms with Crippen molar-refractivity contribution in [3.8, 4) is 0 Å². The van der Waals surface area contributed by atoms with E-state index in [1.165, 1.54) is 16.6 Å². The minimum atomic E-state index is 0.0158. The van der Waals surface area contributed by atoms with Crippen LogP contribution < -0.4 is 0 Å². The molecule has 0 spiro atoms. The van der Waals surface area contributed by atoms with E-state index >= 15 is 0 Å². The van der Waals surface area contributed by atoms with Crippen LogP contribution in [-0.4, -0.2) is 26.6 Å². The zero-order valence-corrected chi connectivity index (χ0v) is 15.3. The summed E-state index contributed by atoms with van der Waals surface area (Å²) in [5.74, 6) is 0.0158. The number of hydrogen-bond acceptors (Lipinski definition) is 4. The molecule has 3 aromatic heterocycles. The summed E-state index contributed by atoms with van der Waals surface area (Å²) >= 11 is 3.17. The van der Waals surface area contributed by atoms with Crippen LogP contribution in [0.5, 0.6) is 0 Å². The van der Waals surface area contributed by atoms with Crippen LogP contribution in [0.4, 0.5) is 0 Å². The minimum Gasteiger partial charge on any atom is -0.353 e. The van der Waals surface area contributed by atoms with Gasteiger partial charge < -0.3 is 9.47 Å². The lowest BCUT2D eigenvalue weighted by atomic mass is 10.2. The summed E-state index contributed by atoms with van der Waals surface area (Å²) < 4.78 is 2.05. The zero-order chi connectivity index (χ0) is 16.9. The van der Waals surface area contributed by atoms with E-state index in [0.29, 0.717) is 18.7 Å². The SMILES string of the molecule is CSc1ncccc1C(=O)N(Cc1cccs1)Cc1cccn1C. The molecule has 0 saturated carbocycles. The number of amides is 1. The van der Waals surface area contributed by atoms with Gasteiger partial charge in [0, 0.05) is 30.0 Å². The number of hydrogen-bond donors (Lipinski definition) is 0.